The van der Waals surface area contributed by atoms with Gasteiger partial charge in [-0.2, -0.15) is 0 Å². The smallest absolute Gasteiger partial charge is 0.340 e. The van der Waals surface area contributed by atoms with Crippen molar-refractivity contribution in [3.8, 4) is 0 Å². The molecule has 1 aromatic heterocycles. The number of aromatic carboxylic acids is 1. The van der Waals surface area contributed by atoms with Gasteiger partial charge < -0.3 is 14.8 Å². The van der Waals surface area contributed by atoms with Gasteiger partial charge in [-0.15, -0.1) is 0 Å². The van der Waals surface area contributed by atoms with E-state index >= 15 is 0 Å². The molecule has 1 aliphatic heterocycles. The molecule has 2 rings (SSSR count). The summed E-state index contributed by atoms with van der Waals surface area (Å²) in [6.45, 7) is 2.98. The van der Waals surface area contributed by atoms with Crippen molar-refractivity contribution in [1.82, 2.24) is 10.0 Å². The molecule has 1 amide bonds. The van der Waals surface area contributed by atoms with Crippen LogP contribution in [0.5, 0.6) is 0 Å². The highest BCUT2D eigenvalue weighted by atomic mass is 32.2. The summed E-state index contributed by atoms with van der Waals surface area (Å²) in [5.41, 5.74) is -0.361. The lowest BCUT2D eigenvalue weighted by atomic mass is 10.1. The van der Waals surface area contributed by atoms with Gasteiger partial charge in [0.05, 0.1) is 0 Å². The van der Waals surface area contributed by atoms with E-state index in [2.05, 4.69) is 10.0 Å². The van der Waals surface area contributed by atoms with Crippen LogP contribution < -0.4 is 10.0 Å². The Bertz CT molecular complexity index is 681. The minimum atomic E-state index is -4.04. The summed E-state index contributed by atoms with van der Waals surface area (Å²) in [7, 11) is -4.04. The molecule has 1 saturated heterocycles. The molecule has 0 radical (unpaired) electrons. The summed E-state index contributed by atoms with van der Waals surface area (Å²) in [5, 5.41) is 11.7. The summed E-state index contributed by atoms with van der Waals surface area (Å²) in [6.07, 6.45) is 0.589. The number of amides is 1. The molecule has 8 nitrogen and oxygen atoms in total. The molecule has 116 valence electrons. The number of piperidine rings is 1. The lowest BCUT2D eigenvalue weighted by Gasteiger charge is -2.23. The molecule has 1 aromatic rings. The molecule has 1 fully saturated rings. The van der Waals surface area contributed by atoms with Crippen molar-refractivity contribution in [3.63, 3.8) is 0 Å². The molecular weight excluding hydrogens is 300 g/mol. The largest absolute Gasteiger partial charge is 0.478 e. The molecule has 1 atom stereocenters. The number of nitrogens with one attached hydrogen (secondary N) is 2. The van der Waals surface area contributed by atoms with Gasteiger partial charge in [-0.1, -0.05) is 0 Å². The number of sulfonamides is 1. The van der Waals surface area contributed by atoms with Crippen molar-refractivity contribution in [1.29, 1.82) is 0 Å². The zero-order chi connectivity index (χ0) is 15.8. The van der Waals surface area contributed by atoms with Crippen LogP contribution in [0.3, 0.4) is 0 Å². The van der Waals surface area contributed by atoms with Gasteiger partial charge in [0.1, 0.15) is 22.0 Å². The zero-order valence-electron chi connectivity index (χ0n) is 11.6. The Morgan fingerprint density at radius 1 is 1.38 bits per heavy atom. The maximum absolute atomic E-state index is 12.4. The summed E-state index contributed by atoms with van der Waals surface area (Å²) >= 11 is 0. The zero-order valence-corrected chi connectivity index (χ0v) is 12.4. The predicted molar refractivity (Wildman–Crippen MR) is 71.5 cm³/mol. The minimum absolute atomic E-state index is 0.0252. The van der Waals surface area contributed by atoms with E-state index in [1.165, 1.54) is 13.8 Å². The molecule has 9 heteroatoms. The first kappa shape index (κ1) is 15.5. The number of aryl methyl sites for hydroxylation is 2. The summed E-state index contributed by atoms with van der Waals surface area (Å²) in [5.74, 6) is -1.43. The number of carboxylic acids is 1. The van der Waals surface area contributed by atoms with Crippen molar-refractivity contribution >= 4 is 21.9 Å². The number of hydrogen-bond donors (Lipinski definition) is 3. The summed E-state index contributed by atoms with van der Waals surface area (Å²) in [6, 6.07) is -0.469. The van der Waals surface area contributed by atoms with Gasteiger partial charge in [0.25, 0.3) is 0 Å². The predicted octanol–water partition coefficient (Wildman–Crippen LogP) is 0.152. The first-order chi connectivity index (χ1) is 9.72. The van der Waals surface area contributed by atoms with Gasteiger partial charge in [0, 0.05) is 19.0 Å². The maximum Gasteiger partial charge on any atom is 0.340 e. The van der Waals surface area contributed by atoms with Crippen molar-refractivity contribution < 1.29 is 27.5 Å². The molecule has 21 heavy (non-hydrogen) atoms. The second kappa shape index (κ2) is 5.49. The number of carbonyl (C=O) groups excluding carboxylic acids is 1. The average molecular weight is 316 g/mol. The van der Waals surface area contributed by atoms with Gasteiger partial charge in [-0.3, -0.25) is 4.79 Å². The maximum atomic E-state index is 12.4. The molecule has 3 N–H and O–H groups in total. The average Bonchev–Trinajstić information content (AvgIpc) is 2.67. The second-order valence-corrected chi connectivity index (χ2v) is 6.54. The highest BCUT2D eigenvalue weighted by Crippen LogP contribution is 2.27. The van der Waals surface area contributed by atoms with Crippen LogP contribution >= 0.6 is 0 Å². The van der Waals surface area contributed by atoms with Crippen molar-refractivity contribution in [3.05, 3.63) is 17.1 Å². The quantitative estimate of drug-likeness (QED) is 0.726. The minimum Gasteiger partial charge on any atom is -0.478 e. The van der Waals surface area contributed by atoms with E-state index in [4.69, 9.17) is 9.52 Å². The Labute approximate surface area is 121 Å². The van der Waals surface area contributed by atoms with E-state index in [9.17, 15) is 18.0 Å². The Kier molecular flexibility index (Phi) is 4.06. The second-order valence-electron chi connectivity index (χ2n) is 4.88. The van der Waals surface area contributed by atoms with Gasteiger partial charge in [0.15, 0.2) is 0 Å². The number of rotatable bonds is 4. The van der Waals surface area contributed by atoms with Crippen LogP contribution in [0, 0.1) is 13.8 Å². The molecule has 0 bridgehead atoms. The van der Waals surface area contributed by atoms with Crippen molar-refractivity contribution in [2.45, 2.75) is 37.6 Å². The lowest BCUT2D eigenvalue weighted by Crippen LogP contribution is -2.47. The fourth-order valence-corrected chi connectivity index (χ4v) is 4.02. The van der Waals surface area contributed by atoms with Gasteiger partial charge in [-0.05, 0) is 20.3 Å². The first-order valence-electron chi connectivity index (χ1n) is 6.34. The Morgan fingerprint density at radius 3 is 2.57 bits per heavy atom. The standard InChI is InChI=1S/C12H16N2O6S/c1-6-10(12(16)17)11(7(2)20-6)21(18,19)14-8-3-4-9(15)13-5-8/h8,14H,3-5H2,1-2H3,(H,13,15)(H,16,17). The third-order valence-corrected chi connectivity index (χ3v) is 4.95. The number of furan rings is 1. The normalized spacial score (nSPS) is 19.3. The molecule has 0 aliphatic carbocycles. The summed E-state index contributed by atoms with van der Waals surface area (Å²) < 4.78 is 32.3. The third-order valence-electron chi connectivity index (χ3n) is 3.27. The van der Waals surface area contributed by atoms with Crippen molar-refractivity contribution in [2.75, 3.05) is 6.54 Å². The van der Waals surface area contributed by atoms with Crippen LogP contribution in [0.4, 0.5) is 0 Å². The Hall–Kier alpha value is -1.87. The topological polar surface area (TPSA) is 126 Å². The summed E-state index contributed by atoms with van der Waals surface area (Å²) in [4.78, 5) is 21.9. The molecule has 0 saturated carbocycles. The molecule has 1 aliphatic rings. The van der Waals surface area contributed by atoms with Crippen LogP contribution in [0.25, 0.3) is 0 Å². The molecular formula is C12H16N2O6S. The Morgan fingerprint density at radius 2 is 2.05 bits per heavy atom. The molecule has 0 spiro atoms. The van der Waals surface area contributed by atoms with E-state index in [-0.39, 0.29) is 40.9 Å². The number of hydrogen-bond acceptors (Lipinski definition) is 5. The number of carboxylic acid groups (broad SMARTS) is 1. The van der Waals surface area contributed by atoms with E-state index in [0.29, 0.717) is 6.42 Å². The van der Waals surface area contributed by atoms with Crippen LogP contribution in [-0.4, -0.2) is 38.0 Å². The van der Waals surface area contributed by atoms with Gasteiger partial charge in [0.2, 0.25) is 15.9 Å². The van der Waals surface area contributed by atoms with Crippen LogP contribution in [0.1, 0.15) is 34.7 Å². The van der Waals surface area contributed by atoms with Crippen LogP contribution in [-0.2, 0) is 14.8 Å². The molecule has 1 unspecified atom stereocenters. The van der Waals surface area contributed by atoms with E-state index in [1.54, 1.807) is 0 Å². The highest BCUT2D eigenvalue weighted by Gasteiger charge is 2.33. The van der Waals surface area contributed by atoms with Crippen molar-refractivity contribution in [2.24, 2.45) is 0 Å². The number of carbonyl (C=O) groups is 2. The monoisotopic (exact) mass is 316 g/mol. The van der Waals surface area contributed by atoms with E-state index < -0.39 is 22.0 Å². The fourth-order valence-electron chi connectivity index (χ4n) is 2.35. The van der Waals surface area contributed by atoms with E-state index in [1.807, 2.05) is 0 Å². The van der Waals surface area contributed by atoms with Crippen LogP contribution in [0.15, 0.2) is 9.31 Å². The first-order valence-corrected chi connectivity index (χ1v) is 7.83. The van der Waals surface area contributed by atoms with E-state index in [0.717, 1.165) is 0 Å². The third kappa shape index (κ3) is 3.08. The SMILES string of the molecule is Cc1oc(C)c(S(=O)(=O)NC2CCC(=O)NC2)c1C(=O)O. The van der Waals surface area contributed by atoms with Gasteiger partial charge >= 0.3 is 5.97 Å². The van der Waals surface area contributed by atoms with Crippen LogP contribution in [0.2, 0.25) is 0 Å². The molecule has 0 aromatic carbocycles. The van der Waals surface area contributed by atoms with Gasteiger partial charge in [-0.25, -0.2) is 17.9 Å². The fraction of sp³-hybridized carbons (Fsp3) is 0.500. The Balaban J connectivity index is 2.32. The highest BCUT2D eigenvalue weighted by molar-refractivity contribution is 7.89. The lowest BCUT2D eigenvalue weighted by molar-refractivity contribution is -0.122. The molecule has 2 heterocycles.